The van der Waals surface area contributed by atoms with Gasteiger partial charge in [-0.05, 0) is 57.3 Å². The van der Waals surface area contributed by atoms with E-state index in [1.165, 1.54) is 19.3 Å². The van der Waals surface area contributed by atoms with Crippen LogP contribution in [0.3, 0.4) is 0 Å². The Bertz CT molecular complexity index is 699. The second-order valence-corrected chi connectivity index (χ2v) is 8.99. The fourth-order valence-electron chi connectivity index (χ4n) is 4.99. The number of carbonyl (C=O) groups is 2. The lowest BCUT2D eigenvalue weighted by atomic mass is 9.90. The minimum atomic E-state index is -0.0306. The molecule has 164 valence electrons. The van der Waals surface area contributed by atoms with Crippen LogP contribution in [0.2, 0.25) is 0 Å². The SMILES string of the molecule is O=C(C[C@H]1CN(C(=O)CN2CCCC2)CC[C@@H]1Oc1ccccc1)N1CCCCC1. The zero-order valence-electron chi connectivity index (χ0n) is 18.0. The molecular formula is C24H35N3O3. The van der Waals surface area contributed by atoms with Crippen LogP contribution in [0.1, 0.15) is 44.9 Å². The molecule has 0 aromatic heterocycles. The van der Waals surface area contributed by atoms with Crippen LogP contribution in [0.4, 0.5) is 0 Å². The quantitative estimate of drug-likeness (QED) is 0.720. The number of rotatable bonds is 6. The molecule has 0 unspecified atom stereocenters. The van der Waals surface area contributed by atoms with Crippen molar-refractivity contribution in [2.75, 3.05) is 45.8 Å². The Labute approximate surface area is 180 Å². The highest BCUT2D eigenvalue weighted by Crippen LogP contribution is 2.27. The molecule has 4 rings (SSSR count). The predicted octanol–water partition coefficient (Wildman–Crippen LogP) is 2.78. The molecule has 0 spiro atoms. The lowest BCUT2D eigenvalue weighted by Gasteiger charge is -2.39. The summed E-state index contributed by atoms with van der Waals surface area (Å²) < 4.78 is 6.30. The van der Waals surface area contributed by atoms with Crippen LogP contribution in [-0.4, -0.2) is 78.4 Å². The summed E-state index contributed by atoms with van der Waals surface area (Å²) in [5.41, 5.74) is 0. The topological polar surface area (TPSA) is 53.1 Å². The van der Waals surface area contributed by atoms with Crippen molar-refractivity contribution in [1.29, 1.82) is 0 Å². The second-order valence-electron chi connectivity index (χ2n) is 8.99. The Morgan fingerprint density at radius 2 is 1.53 bits per heavy atom. The molecule has 2 amide bonds. The van der Waals surface area contributed by atoms with Gasteiger partial charge in [-0.1, -0.05) is 18.2 Å². The van der Waals surface area contributed by atoms with Crippen molar-refractivity contribution < 1.29 is 14.3 Å². The summed E-state index contributed by atoms with van der Waals surface area (Å²) >= 11 is 0. The van der Waals surface area contributed by atoms with Gasteiger partial charge in [0.15, 0.2) is 0 Å². The number of nitrogens with zero attached hydrogens (tertiary/aromatic N) is 3. The van der Waals surface area contributed by atoms with Crippen LogP contribution >= 0.6 is 0 Å². The van der Waals surface area contributed by atoms with Gasteiger partial charge in [0, 0.05) is 44.9 Å². The van der Waals surface area contributed by atoms with Crippen molar-refractivity contribution in [3.63, 3.8) is 0 Å². The van der Waals surface area contributed by atoms with E-state index >= 15 is 0 Å². The number of amides is 2. The maximum absolute atomic E-state index is 13.0. The first-order chi connectivity index (χ1) is 14.7. The van der Waals surface area contributed by atoms with Crippen molar-refractivity contribution in [2.24, 2.45) is 5.92 Å². The van der Waals surface area contributed by atoms with Gasteiger partial charge in [-0.2, -0.15) is 0 Å². The monoisotopic (exact) mass is 413 g/mol. The third-order valence-electron chi connectivity index (χ3n) is 6.75. The largest absolute Gasteiger partial charge is 0.490 e. The van der Waals surface area contributed by atoms with Crippen molar-refractivity contribution in [1.82, 2.24) is 14.7 Å². The molecule has 1 aromatic rings. The van der Waals surface area contributed by atoms with Gasteiger partial charge in [0.1, 0.15) is 11.9 Å². The number of likely N-dealkylation sites (tertiary alicyclic amines) is 3. The summed E-state index contributed by atoms with van der Waals surface area (Å²) in [6, 6.07) is 9.85. The van der Waals surface area contributed by atoms with Crippen molar-refractivity contribution >= 4 is 11.8 Å². The Morgan fingerprint density at radius 3 is 2.27 bits per heavy atom. The van der Waals surface area contributed by atoms with Crippen LogP contribution in [-0.2, 0) is 9.59 Å². The average molecular weight is 414 g/mol. The minimum absolute atomic E-state index is 0.0306. The average Bonchev–Trinajstić information content (AvgIpc) is 3.29. The predicted molar refractivity (Wildman–Crippen MR) is 116 cm³/mol. The molecule has 2 atom stereocenters. The molecule has 0 aliphatic carbocycles. The lowest BCUT2D eigenvalue weighted by molar-refractivity contribution is -0.140. The van der Waals surface area contributed by atoms with Crippen LogP contribution in [0.25, 0.3) is 0 Å². The van der Waals surface area contributed by atoms with Crippen LogP contribution < -0.4 is 4.74 Å². The highest BCUT2D eigenvalue weighted by Gasteiger charge is 2.36. The molecule has 3 fully saturated rings. The number of benzene rings is 1. The van der Waals surface area contributed by atoms with E-state index in [-0.39, 0.29) is 23.8 Å². The van der Waals surface area contributed by atoms with Crippen LogP contribution in [0.5, 0.6) is 5.75 Å². The molecule has 3 saturated heterocycles. The molecule has 1 aromatic carbocycles. The summed E-state index contributed by atoms with van der Waals surface area (Å²) in [7, 11) is 0. The van der Waals surface area contributed by atoms with Crippen molar-refractivity contribution in [3.05, 3.63) is 30.3 Å². The molecule has 30 heavy (non-hydrogen) atoms. The minimum Gasteiger partial charge on any atom is -0.490 e. The summed E-state index contributed by atoms with van der Waals surface area (Å²) in [5, 5.41) is 0. The fraction of sp³-hybridized carbons (Fsp3) is 0.667. The molecule has 0 saturated carbocycles. The third kappa shape index (κ3) is 5.54. The van der Waals surface area contributed by atoms with E-state index in [9.17, 15) is 9.59 Å². The Kier molecular flexibility index (Phi) is 7.26. The van der Waals surface area contributed by atoms with Gasteiger partial charge in [0.2, 0.25) is 11.8 Å². The zero-order chi connectivity index (χ0) is 20.8. The molecule has 3 heterocycles. The fourth-order valence-corrected chi connectivity index (χ4v) is 4.99. The van der Waals surface area contributed by atoms with E-state index in [0.717, 1.165) is 51.2 Å². The van der Waals surface area contributed by atoms with Crippen molar-refractivity contribution in [2.45, 2.75) is 51.0 Å². The molecule has 3 aliphatic heterocycles. The first-order valence-electron chi connectivity index (χ1n) is 11.7. The maximum Gasteiger partial charge on any atom is 0.236 e. The summed E-state index contributed by atoms with van der Waals surface area (Å²) in [6.07, 6.45) is 6.99. The second kappa shape index (κ2) is 10.3. The van der Waals surface area contributed by atoms with Gasteiger partial charge in [-0.15, -0.1) is 0 Å². The van der Waals surface area contributed by atoms with E-state index in [2.05, 4.69) is 4.90 Å². The maximum atomic E-state index is 13.0. The van der Waals surface area contributed by atoms with Crippen LogP contribution in [0.15, 0.2) is 30.3 Å². The van der Waals surface area contributed by atoms with Crippen LogP contribution in [0, 0.1) is 5.92 Å². The lowest BCUT2D eigenvalue weighted by Crippen LogP contribution is -2.51. The normalized spacial score (nSPS) is 25.3. The van der Waals surface area contributed by atoms with E-state index in [1.54, 1.807) is 0 Å². The van der Waals surface area contributed by atoms with E-state index in [0.29, 0.717) is 26.1 Å². The number of para-hydroxylation sites is 1. The molecule has 3 aliphatic rings. The first kappa shape index (κ1) is 21.2. The van der Waals surface area contributed by atoms with Gasteiger partial charge in [-0.3, -0.25) is 14.5 Å². The van der Waals surface area contributed by atoms with E-state index < -0.39 is 0 Å². The third-order valence-corrected chi connectivity index (χ3v) is 6.75. The van der Waals surface area contributed by atoms with Crippen molar-refractivity contribution in [3.8, 4) is 5.75 Å². The number of piperidine rings is 2. The molecule has 6 heteroatoms. The summed E-state index contributed by atoms with van der Waals surface area (Å²) in [6.45, 7) is 5.62. The summed E-state index contributed by atoms with van der Waals surface area (Å²) in [4.78, 5) is 32.1. The smallest absolute Gasteiger partial charge is 0.236 e. The van der Waals surface area contributed by atoms with Gasteiger partial charge in [0.25, 0.3) is 0 Å². The Hall–Kier alpha value is -2.08. The number of hydrogen-bond donors (Lipinski definition) is 0. The Morgan fingerprint density at radius 1 is 0.833 bits per heavy atom. The molecular weight excluding hydrogens is 378 g/mol. The molecule has 0 radical (unpaired) electrons. The van der Waals surface area contributed by atoms with Gasteiger partial charge in [0.05, 0.1) is 6.54 Å². The zero-order valence-corrected chi connectivity index (χ0v) is 18.0. The number of hydrogen-bond acceptors (Lipinski definition) is 4. The Balaban J connectivity index is 1.40. The first-order valence-corrected chi connectivity index (χ1v) is 11.7. The highest BCUT2D eigenvalue weighted by molar-refractivity contribution is 5.79. The highest BCUT2D eigenvalue weighted by atomic mass is 16.5. The number of ether oxygens (including phenoxy) is 1. The van der Waals surface area contributed by atoms with E-state index in [4.69, 9.17) is 4.74 Å². The van der Waals surface area contributed by atoms with E-state index in [1.807, 2.05) is 40.1 Å². The van der Waals surface area contributed by atoms with Gasteiger partial charge >= 0.3 is 0 Å². The van der Waals surface area contributed by atoms with Gasteiger partial charge < -0.3 is 14.5 Å². The number of carbonyl (C=O) groups excluding carboxylic acids is 2. The molecule has 0 bridgehead atoms. The standard InChI is InChI=1S/C24H35N3O3/c28-23(26-14-5-2-6-15-26)17-20-18-27(24(29)19-25-12-7-8-13-25)16-11-22(20)30-21-9-3-1-4-10-21/h1,3-4,9-10,20,22H,2,5-8,11-19H2/t20-,22-/m0/s1. The molecule has 0 N–H and O–H groups in total. The summed E-state index contributed by atoms with van der Waals surface area (Å²) in [5.74, 6) is 1.30. The van der Waals surface area contributed by atoms with Gasteiger partial charge in [-0.25, -0.2) is 0 Å². The molecule has 6 nitrogen and oxygen atoms in total.